The molecule has 2 N–H and O–H groups in total. The van der Waals surface area contributed by atoms with Crippen molar-refractivity contribution in [1.82, 2.24) is 0 Å². The molecule has 0 aromatic heterocycles. The van der Waals surface area contributed by atoms with Crippen molar-refractivity contribution in [3.63, 3.8) is 0 Å². The third kappa shape index (κ3) is 5.65. The van der Waals surface area contributed by atoms with Gasteiger partial charge in [-0.05, 0) is 57.6 Å². The third-order valence-electron chi connectivity index (χ3n) is 7.30. The van der Waals surface area contributed by atoms with E-state index in [0.717, 1.165) is 11.1 Å². The highest BCUT2D eigenvalue weighted by Crippen LogP contribution is 2.56. The van der Waals surface area contributed by atoms with Gasteiger partial charge in [0, 0.05) is 0 Å². The molecule has 214 valence electrons. The molecule has 0 amide bonds. The van der Waals surface area contributed by atoms with Gasteiger partial charge in [0.25, 0.3) is 0 Å². The van der Waals surface area contributed by atoms with Crippen molar-refractivity contribution in [2.45, 2.75) is 17.6 Å². The van der Waals surface area contributed by atoms with Gasteiger partial charge in [0.15, 0.2) is 0 Å². The molecule has 4 aromatic rings. The summed E-state index contributed by atoms with van der Waals surface area (Å²) in [5, 5.41) is 19.7. The van der Waals surface area contributed by atoms with Gasteiger partial charge in [-0.3, -0.25) is 0 Å². The fourth-order valence-electron chi connectivity index (χ4n) is 5.22. The van der Waals surface area contributed by atoms with Crippen LogP contribution in [0.5, 0.6) is 11.5 Å². The van der Waals surface area contributed by atoms with E-state index in [9.17, 15) is 19.8 Å². The highest BCUT2D eigenvalue weighted by Gasteiger charge is 2.45. The third-order valence-corrected chi connectivity index (χ3v) is 7.30. The molecule has 3 aliphatic rings. The van der Waals surface area contributed by atoms with Crippen LogP contribution in [-0.4, -0.2) is 61.2 Å². The van der Waals surface area contributed by atoms with Gasteiger partial charge in [-0.25, -0.2) is 9.59 Å². The quantitative estimate of drug-likeness (QED) is 0.154. The highest BCUT2D eigenvalue weighted by molar-refractivity contribution is 5.86. The lowest BCUT2D eigenvalue weighted by Crippen LogP contribution is -2.28. The highest BCUT2D eigenvalue weighted by atomic mass is 16.8. The van der Waals surface area contributed by atoms with Gasteiger partial charge in [0.1, 0.15) is 36.9 Å². The van der Waals surface area contributed by atoms with Crippen LogP contribution in [0.15, 0.2) is 97.1 Å². The molecule has 2 heterocycles. The second kappa shape index (κ2) is 11.6. The number of phenols is 2. The smallest absolute Gasteiger partial charge is 0.508 e. The first-order chi connectivity index (χ1) is 20.4. The van der Waals surface area contributed by atoms with Gasteiger partial charge in [0.2, 0.25) is 0 Å². The summed E-state index contributed by atoms with van der Waals surface area (Å²) in [6.07, 6.45) is -2.28. The molecule has 42 heavy (non-hydrogen) atoms. The second-order valence-corrected chi connectivity index (χ2v) is 10.1. The summed E-state index contributed by atoms with van der Waals surface area (Å²) in [7, 11) is 0. The Labute approximate surface area is 241 Å². The fourth-order valence-corrected chi connectivity index (χ4v) is 5.22. The maximum atomic E-state index is 10.8. The fraction of sp³-hybridized carbons (Fsp3) is 0.212. The van der Waals surface area contributed by atoms with E-state index < -0.39 is 17.7 Å². The van der Waals surface area contributed by atoms with Crippen LogP contribution in [0.1, 0.15) is 22.3 Å². The molecule has 7 rings (SSSR count). The molecule has 9 nitrogen and oxygen atoms in total. The maximum absolute atomic E-state index is 10.8. The maximum Gasteiger partial charge on any atom is 0.518 e. The average Bonchev–Trinajstić information content (AvgIpc) is 3.95. The molecule has 4 aromatic carbocycles. The summed E-state index contributed by atoms with van der Waals surface area (Å²) < 4.78 is 22.8. The van der Waals surface area contributed by atoms with E-state index >= 15 is 0 Å². The molecule has 2 atom stereocenters. The van der Waals surface area contributed by atoms with Crippen molar-refractivity contribution in [2.75, 3.05) is 26.4 Å². The van der Waals surface area contributed by atoms with Gasteiger partial charge < -0.3 is 33.9 Å². The number of hydrogen-bond donors (Lipinski definition) is 2. The van der Waals surface area contributed by atoms with Gasteiger partial charge in [-0.1, -0.05) is 72.8 Å². The Bertz CT molecular complexity index is 1450. The predicted octanol–water partition coefficient (Wildman–Crippen LogP) is 5.53. The summed E-state index contributed by atoms with van der Waals surface area (Å²) in [5.74, 6) is 0.498. The second-order valence-electron chi connectivity index (χ2n) is 10.1. The number of phenolic OH excluding ortho intramolecular Hbond substituents is 2. The number of aromatic hydroxyl groups is 2. The lowest BCUT2D eigenvalue weighted by atomic mass is 9.68. The molecule has 9 heteroatoms. The van der Waals surface area contributed by atoms with Crippen LogP contribution in [0.25, 0.3) is 11.1 Å². The number of hydrogen-bond acceptors (Lipinski definition) is 9. The lowest BCUT2D eigenvalue weighted by molar-refractivity contribution is 0.0314. The topological polar surface area (TPSA) is 127 Å². The van der Waals surface area contributed by atoms with E-state index in [1.54, 1.807) is 24.3 Å². The summed E-state index contributed by atoms with van der Waals surface area (Å²) >= 11 is 0. The summed E-state index contributed by atoms with van der Waals surface area (Å²) in [6, 6.07) is 31.9. The molecule has 2 saturated heterocycles. The monoisotopic (exact) mass is 568 g/mol. The summed E-state index contributed by atoms with van der Waals surface area (Å²) in [5.41, 5.74) is 6.54. The molecule has 0 radical (unpaired) electrons. The van der Waals surface area contributed by atoms with Crippen LogP contribution < -0.4 is 0 Å². The van der Waals surface area contributed by atoms with E-state index in [1.165, 1.54) is 22.3 Å². The zero-order valence-corrected chi connectivity index (χ0v) is 22.5. The Kier molecular flexibility index (Phi) is 7.52. The normalized spacial score (nSPS) is 18.4. The van der Waals surface area contributed by atoms with Gasteiger partial charge in [-0.15, -0.1) is 0 Å². The van der Waals surface area contributed by atoms with Crippen molar-refractivity contribution in [1.29, 1.82) is 0 Å². The number of carbonyl (C=O) groups excluding carboxylic acids is 2. The van der Waals surface area contributed by atoms with Gasteiger partial charge >= 0.3 is 12.3 Å². The molecule has 0 saturated carbocycles. The molecule has 0 spiro atoms. The first kappa shape index (κ1) is 27.3. The minimum atomic E-state index is -1.08. The number of epoxide rings is 2. The molecule has 1 aliphatic carbocycles. The van der Waals surface area contributed by atoms with Crippen LogP contribution in [0, 0.1) is 0 Å². The van der Waals surface area contributed by atoms with Crippen LogP contribution in [0.4, 0.5) is 9.59 Å². The lowest BCUT2D eigenvalue weighted by Gasteiger charge is -2.33. The number of rotatable bonds is 6. The van der Waals surface area contributed by atoms with Crippen molar-refractivity contribution in [3.8, 4) is 22.6 Å². The van der Waals surface area contributed by atoms with Crippen LogP contribution >= 0.6 is 0 Å². The van der Waals surface area contributed by atoms with E-state index in [4.69, 9.17) is 9.47 Å². The Morgan fingerprint density at radius 1 is 0.643 bits per heavy atom. The first-order valence-electron chi connectivity index (χ1n) is 13.5. The minimum absolute atomic E-state index is 0.0616. The van der Waals surface area contributed by atoms with E-state index in [1.807, 2.05) is 24.3 Å². The molecular weight excluding hydrogens is 540 g/mol. The Hall–Kier alpha value is -4.86. The van der Waals surface area contributed by atoms with Crippen molar-refractivity contribution < 1.29 is 43.5 Å². The SMILES string of the molecule is O=C(OCC1CO1)OC(=O)OCC1CO1.Oc1ccc(C2(c3ccc(O)cc3)c3ccccc3-c3ccccc32)cc1. The van der Waals surface area contributed by atoms with Gasteiger partial charge in [-0.2, -0.15) is 0 Å². The zero-order valence-electron chi connectivity index (χ0n) is 22.5. The Morgan fingerprint density at radius 3 is 1.40 bits per heavy atom. The number of benzene rings is 4. The van der Waals surface area contributed by atoms with E-state index in [0.29, 0.717) is 13.2 Å². The van der Waals surface area contributed by atoms with E-state index in [2.05, 4.69) is 62.7 Å². The zero-order chi connectivity index (χ0) is 29.1. The standard InChI is InChI=1S/C25H18O2.C8H10O7/c26-19-13-9-17(10-14-19)25(18-11-15-20(27)16-12-18)23-7-3-1-5-21(23)22-6-2-4-8-24(22)25;9-7(13-3-5-1-11-5)15-8(10)14-4-6-2-12-6/h1-16,26-27H;5-6H,1-4H2. The Balaban J connectivity index is 0.000000179. The predicted molar refractivity (Wildman–Crippen MR) is 150 cm³/mol. The average molecular weight is 569 g/mol. The van der Waals surface area contributed by atoms with Crippen molar-refractivity contribution >= 4 is 12.3 Å². The minimum Gasteiger partial charge on any atom is -0.508 e. The largest absolute Gasteiger partial charge is 0.518 e. The molecule has 2 aliphatic heterocycles. The first-order valence-corrected chi connectivity index (χ1v) is 13.5. The summed E-state index contributed by atoms with van der Waals surface area (Å²) in [4.78, 5) is 21.6. The molecule has 2 fully saturated rings. The number of fused-ring (bicyclic) bond motifs is 3. The summed E-state index contributed by atoms with van der Waals surface area (Å²) in [6.45, 7) is 1.32. The number of ether oxygens (including phenoxy) is 5. The van der Waals surface area contributed by atoms with Crippen molar-refractivity contribution in [3.05, 3.63) is 119 Å². The van der Waals surface area contributed by atoms with E-state index in [-0.39, 0.29) is 36.9 Å². The molecular formula is C33H28O9. The molecule has 0 bridgehead atoms. The van der Waals surface area contributed by atoms with Crippen LogP contribution in [0.3, 0.4) is 0 Å². The Morgan fingerprint density at radius 2 is 1.02 bits per heavy atom. The van der Waals surface area contributed by atoms with Gasteiger partial charge in [0.05, 0.1) is 18.6 Å². The van der Waals surface area contributed by atoms with Crippen LogP contribution in [0.2, 0.25) is 0 Å². The number of carbonyl (C=O) groups is 2. The van der Waals surface area contributed by atoms with Crippen LogP contribution in [-0.2, 0) is 29.1 Å². The van der Waals surface area contributed by atoms with Crippen molar-refractivity contribution in [2.24, 2.45) is 0 Å². The molecule has 2 unspecified atom stereocenters.